The zero-order chi connectivity index (χ0) is 15.2. The zero-order valence-corrected chi connectivity index (χ0v) is 14.4. The number of thioether (sulfide) groups is 1. The van der Waals surface area contributed by atoms with E-state index < -0.39 is 15.8 Å². The van der Waals surface area contributed by atoms with Gasteiger partial charge in [-0.15, -0.1) is 0 Å². The van der Waals surface area contributed by atoms with Gasteiger partial charge >= 0.3 is 0 Å². The minimum Gasteiger partial charge on any atom is -0.398 e. The average Bonchev–Trinajstić information content (AvgIpc) is 2.37. The first-order chi connectivity index (χ1) is 9.38. The predicted molar refractivity (Wildman–Crippen MR) is 85.9 cm³/mol. The number of nitrogens with two attached hydrogens (primary N) is 1. The normalized spacial score (nSPS) is 11.8. The van der Waals surface area contributed by atoms with Gasteiger partial charge in [0, 0.05) is 6.54 Å². The van der Waals surface area contributed by atoms with Crippen molar-refractivity contribution >= 4 is 43.4 Å². The van der Waals surface area contributed by atoms with Crippen molar-refractivity contribution in [2.75, 3.05) is 24.3 Å². The number of sulfonamides is 1. The van der Waals surface area contributed by atoms with Crippen LogP contribution in [0.4, 0.5) is 10.1 Å². The number of anilines is 1. The Labute approximate surface area is 131 Å². The summed E-state index contributed by atoms with van der Waals surface area (Å²) in [5, 5.41) is 0. The highest BCUT2D eigenvalue weighted by atomic mass is 79.9. The summed E-state index contributed by atoms with van der Waals surface area (Å²) in [7, 11) is -3.70. The Morgan fingerprint density at radius 2 is 2.05 bits per heavy atom. The lowest BCUT2D eigenvalue weighted by atomic mass is 10.2. The lowest BCUT2D eigenvalue weighted by Crippen LogP contribution is -2.25. The number of halogens is 2. The summed E-state index contributed by atoms with van der Waals surface area (Å²) < 4.78 is 39.9. The maximum Gasteiger partial charge on any atom is 0.242 e. The third-order valence-electron chi connectivity index (χ3n) is 2.66. The maximum atomic E-state index is 13.2. The number of nitrogen functional groups attached to an aromatic ring is 1. The summed E-state index contributed by atoms with van der Waals surface area (Å²) >= 11 is 4.73. The van der Waals surface area contributed by atoms with Gasteiger partial charge in [0.2, 0.25) is 10.0 Å². The molecule has 0 bridgehead atoms. The van der Waals surface area contributed by atoms with Crippen molar-refractivity contribution in [2.45, 2.75) is 24.2 Å². The standard InChI is InChI=1S/C12H18BrFN2O2S2/c1-19-6-4-2-3-5-16-20(17,18)12-7-9(13)10(14)8-11(12)15/h7-8,16H,2-6,15H2,1H3. The fourth-order valence-corrected chi connectivity index (χ4v) is 3.81. The summed E-state index contributed by atoms with van der Waals surface area (Å²) in [6, 6.07) is 2.18. The van der Waals surface area contributed by atoms with Crippen LogP contribution in [-0.4, -0.2) is 27.0 Å². The Hall–Kier alpha value is -0.310. The van der Waals surface area contributed by atoms with E-state index in [2.05, 4.69) is 20.7 Å². The largest absolute Gasteiger partial charge is 0.398 e. The number of hydrogen-bond donors (Lipinski definition) is 2. The van der Waals surface area contributed by atoms with Crippen molar-refractivity contribution in [3.8, 4) is 0 Å². The van der Waals surface area contributed by atoms with Crippen LogP contribution in [0.5, 0.6) is 0 Å². The SMILES string of the molecule is CSCCCCCNS(=O)(=O)c1cc(Br)c(F)cc1N. The third-order valence-corrected chi connectivity index (χ3v) is 5.48. The molecule has 8 heteroatoms. The molecule has 1 rings (SSSR count). The molecule has 0 aromatic heterocycles. The molecule has 0 saturated heterocycles. The minimum absolute atomic E-state index is 0.0760. The van der Waals surface area contributed by atoms with E-state index in [1.54, 1.807) is 11.8 Å². The fourth-order valence-electron chi connectivity index (χ4n) is 1.61. The summed E-state index contributed by atoms with van der Waals surface area (Å²) in [6.07, 6.45) is 4.83. The van der Waals surface area contributed by atoms with Gasteiger partial charge in [0.05, 0.1) is 10.2 Å². The van der Waals surface area contributed by atoms with E-state index >= 15 is 0 Å². The van der Waals surface area contributed by atoms with E-state index in [4.69, 9.17) is 5.73 Å². The van der Waals surface area contributed by atoms with Crippen LogP contribution >= 0.6 is 27.7 Å². The second kappa shape index (κ2) is 8.21. The molecule has 1 aromatic rings. The van der Waals surface area contributed by atoms with Gasteiger partial charge in [0.1, 0.15) is 10.7 Å². The average molecular weight is 385 g/mol. The molecule has 4 nitrogen and oxygen atoms in total. The smallest absolute Gasteiger partial charge is 0.242 e. The number of unbranched alkanes of at least 4 members (excludes halogenated alkanes) is 2. The van der Waals surface area contributed by atoms with Crippen LogP contribution in [0.15, 0.2) is 21.5 Å². The highest BCUT2D eigenvalue weighted by Gasteiger charge is 2.19. The topological polar surface area (TPSA) is 72.2 Å². The van der Waals surface area contributed by atoms with Gasteiger partial charge in [-0.2, -0.15) is 11.8 Å². The number of rotatable bonds is 8. The summed E-state index contributed by atoms with van der Waals surface area (Å²) in [4.78, 5) is -0.102. The molecular formula is C12H18BrFN2O2S2. The van der Waals surface area contributed by atoms with Crippen LogP contribution in [0.25, 0.3) is 0 Å². The monoisotopic (exact) mass is 384 g/mol. The molecule has 0 atom stereocenters. The van der Waals surface area contributed by atoms with Crippen molar-refractivity contribution in [2.24, 2.45) is 0 Å². The van der Waals surface area contributed by atoms with Gasteiger partial charge in [0.25, 0.3) is 0 Å². The molecule has 0 amide bonds. The molecule has 0 fully saturated rings. The van der Waals surface area contributed by atoms with Gasteiger partial charge in [-0.05, 0) is 52.9 Å². The van der Waals surface area contributed by atoms with Gasteiger partial charge < -0.3 is 5.73 Å². The molecular weight excluding hydrogens is 367 g/mol. The summed E-state index contributed by atoms with van der Waals surface area (Å²) in [5.74, 6) is 0.489. The number of benzene rings is 1. The molecule has 3 N–H and O–H groups in total. The molecule has 20 heavy (non-hydrogen) atoms. The molecule has 1 aromatic carbocycles. The Balaban J connectivity index is 2.63. The molecule has 0 heterocycles. The van der Waals surface area contributed by atoms with Gasteiger partial charge in [-0.3, -0.25) is 0 Å². The van der Waals surface area contributed by atoms with Gasteiger partial charge in [-0.1, -0.05) is 6.42 Å². The predicted octanol–water partition coefficient (Wildman–Crippen LogP) is 2.98. The van der Waals surface area contributed by atoms with Crippen LogP contribution in [0.3, 0.4) is 0 Å². The van der Waals surface area contributed by atoms with E-state index in [9.17, 15) is 12.8 Å². The zero-order valence-electron chi connectivity index (χ0n) is 11.2. The quantitative estimate of drug-likeness (QED) is 0.533. The molecule has 114 valence electrons. The maximum absolute atomic E-state index is 13.2. The first-order valence-corrected chi connectivity index (χ1v) is 9.78. The van der Waals surface area contributed by atoms with Gasteiger partial charge in [-0.25, -0.2) is 17.5 Å². The number of nitrogens with one attached hydrogen (secondary N) is 1. The molecule has 0 aliphatic rings. The van der Waals surface area contributed by atoms with E-state index in [0.29, 0.717) is 6.54 Å². The molecule has 0 spiro atoms. The Morgan fingerprint density at radius 3 is 2.70 bits per heavy atom. The Kier molecular flexibility index (Phi) is 7.28. The number of hydrogen-bond acceptors (Lipinski definition) is 4. The third kappa shape index (κ3) is 5.23. The van der Waals surface area contributed by atoms with Crippen LogP contribution < -0.4 is 10.5 Å². The molecule has 0 saturated carbocycles. The fraction of sp³-hybridized carbons (Fsp3) is 0.500. The van der Waals surface area contributed by atoms with E-state index in [1.165, 1.54) is 6.07 Å². The van der Waals surface area contributed by atoms with Crippen molar-refractivity contribution < 1.29 is 12.8 Å². The second-order valence-corrected chi connectivity index (χ2v) is 7.83. The Morgan fingerprint density at radius 1 is 1.35 bits per heavy atom. The van der Waals surface area contributed by atoms with E-state index in [0.717, 1.165) is 31.1 Å². The summed E-state index contributed by atoms with van der Waals surface area (Å²) in [5.41, 5.74) is 5.47. The lowest BCUT2D eigenvalue weighted by Gasteiger charge is -2.10. The van der Waals surface area contributed by atoms with Crippen molar-refractivity contribution in [3.63, 3.8) is 0 Å². The Bertz CT molecular complexity index is 553. The van der Waals surface area contributed by atoms with Crippen molar-refractivity contribution in [1.82, 2.24) is 4.72 Å². The van der Waals surface area contributed by atoms with Crippen LogP contribution in [-0.2, 0) is 10.0 Å². The lowest BCUT2D eigenvalue weighted by molar-refractivity contribution is 0.575. The highest BCUT2D eigenvalue weighted by Crippen LogP contribution is 2.25. The van der Waals surface area contributed by atoms with Crippen molar-refractivity contribution in [3.05, 3.63) is 22.4 Å². The second-order valence-electron chi connectivity index (χ2n) is 4.26. The van der Waals surface area contributed by atoms with Gasteiger partial charge in [0.15, 0.2) is 0 Å². The first-order valence-electron chi connectivity index (χ1n) is 6.11. The highest BCUT2D eigenvalue weighted by molar-refractivity contribution is 9.10. The molecule has 0 aliphatic heterocycles. The van der Waals surface area contributed by atoms with E-state index in [1.807, 2.05) is 6.26 Å². The first kappa shape index (κ1) is 17.7. The summed E-state index contributed by atoms with van der Waals surface area (Å²) in [6.45, 7) is 0.352. The van der Waals surface area contributed by atoms with Crippen LogP contribution in [0.2, 0.25) is 0 Å². The van der Waals surface area contributed by atoms with E-state index in [-0.39, 0.29) is 15.1 Å². The van der Waals surface area contributed by atoms with Crippen LogP contribution in [0.1, 0.15) is 19.3 Å². The molecule has 0 aliphatic carbocycles. The minimum atomic E-state index is -3.70. The van der Waals surface area contributed by atoms with Crippen LogP contribution in [0, 0.1) is 5.82 Å². The molecule has 0 unspecified atom stereocenters. The molecule has 0 radical (unpaired) electrons. The van der Waals surface area contributed by atoms with Crippen molar-refractivity contribution in [1.29, 1.82) is 0 Å².